The first kappa shape index (κ1) is 15.0. The fourth-order valence-electron chi connectivity index (χ4n) is 1.05. The van der Waals surface area contributed by atoms with Crippen LogP contribution in [0.5, 0.6) is 0 Å². The number of imidazole rings is 1. The highest BCUT2D eigenvalue weighted by Gasteiger charge is 2.40. The molecule has 0 saturated heterocycles. The fraction of sp³-hybridized carbons (Fsp3) is 0.500. The molecule has 0 atom stereocenters. The van der Waals surface area contributed by atoms with Gasteiger partial charge in [0, 0.05) is 0 Å². The van der Waals surface area contributed by atoms with Crippen molar-refractivity contribution in [2.45, 2.75) is 32.5 Å². The van der Waals surface area contributed by atoms with Crippen molar-refractivity contribution in [3.63, 3.8) is 0 Å². The largest absolute Gasteiger partial charge is 0.456 e. The maximum absolute atomic E-state index is 12.1. The zero-order valence-corrected chi connectivity index (χ0v) is 10.4. The summed E-state index contributed by atoms with van der Waals surface area (Å²) in [6.45, 7) is 4.86. The molecule has 1 aromatic heterocycles. The molecule has 1 amide bonds. The number of H-pyrrole nitrogens is 1. The number of ketones is 1. The van der Waals surface area contributed by atoms with Crippen molar-refractivity contribution in [2.75, 3.05) is 5.32 Å². The Labute approximate surface area is 106 Å². The highest BCUT2D eigenvalue weighted by molar-refractivity contribution is 5.99. The van der Waals surface area contributed by atoms with Gasteiger partial charge < -0.3 is 9.72 Å². The Morgan fingerprint density at radius 1 is 1.32 bits per heavy atom. The Bertz CT molecular complexity index is 488. The number of nitrogens with zero attached hydrogens (tertiary/aromatic N) is 1. The van der Waals surface area contributed by atoms with Gasteiger partial charge in [-0.25, -0.2) is 9.78 Å². The SMILES string of the molecule is CC(C)(C)OC(=O)Nc1ncc(C(=O)C(F)(F)F)[nH]1. The van der Waals surface area contributed by atoms with E-state index in [1.54, 1.807) is 20.8 Å². The van der Waals surface area contributed by atoms with Crippen LogP contribution in [-0.2, 0) is 4.74 Å². The lowest BCUT2D eigenvalue weighted by atomic mass is 10.2. The van der Waals surface area contributed by atoms with Gasteiger partial charge in [0.1, 0.15) is 11.3 Å². The lowest BCUT2D eigenvalue weighted by Crippen LogP contribution is -2.27. The second kappa shape index (κ2) is 4.90. The molecule has 0 aliphatic heterocycles. The van der Waals surface area contributed by atoms with Crippen LogP contribution in [0.15, 0.2) is 6.20 Å². The minimum Gasteiger partial charge on any atom is -0.444 e. The number of hydrogen-bond acceptors (Lipinski definition) is 4. The molecule has 0 spiro atoms. The molecule has 0 unspecified atom stereocenters. The van der Waals surface area contributed by atoms with E-state index in [2.05, 4.69) is 10.3 Å². The first-order valence-electron chi connectivity index (χ1n) is 5.15. The van der Waals surface area contributed by atoms with E-state index < -0.39 is 29.3 Å². The van der Waals surface area contributed by atoms with Crippen LogP contribution in [-0.4, -0.2) is 33.6 Å². The van der Waals surface area contributed by atoms with Crippen LogP contribution in [0, 0.1) is 0 Å². The van der Waals surface area contributed by atoms with Crippen molar-refractivity contribution in [1.82, 2.24) is 9.97 Å². The van der Waals surface area contributed by atoms with Crippen LogP contribution in [0.4, 0.5) is 23.9 Å². The fourth-order valence-corrected chi connectivity index (χ4v) is 1.05. The van der Waals surface area contributed by atoms with Crippen molar-refractivity contribution >= 4 is 17.8 Å². The number of carbonyl (C=O) groups excluding carboxylic acids is 2. The van der Waals surface area contributed by atoms with Gasteiger partial charge in [-0.3, -0.25) is 10.1 Å². The molecule has 19 heavy (non-hydrogen) atoms. The van der Waals surface area contributed by atoms with Crippen LogP contribution in [0.1, 0.15) is 31.3 Å². The molecule has 1 rings (SSSR count). The molecule has 9 heteroatoms. The van der Waals surface area contributed by atoms with E-state index in [0.29, 0.717) is 6.20 Å². The smallest absolute Gasteiger partial charge is 0.444 e. The van der Waals surface area contributed by atoms with Crippen molar-refractivity contribution in [2.24, 2.45) is 0 Å². The highest BCUT2D eigenvalue weighted by atomic mass is 19.4. The topological polar surface area (TPSA) is 84.1 Å². The number of carbonyl (C=O) groups is 2. The molecule has 0 fully saturated rings. The number of alkyl halides is 3. The summed E-state index contributed by atoms with van der Waals surface area (Å²) in [6.07, 6.45) is -5.22. The number of anilines is 1. The molecule has 1 heterocycles. The average molecular weight is 279 g/mol. The Morgan fingerprint density at radius 3 is 2.37 bits per heavy atom. The number of hydrogen-bond donors (Lipinski definition) is 2. The minimum absolute atomic E-state index is 0.304. The van der Waals surface area contributed by atoms with Crippen LogP contribution < -0.4 is 5.32 Å². The highest BCUT2D eigenvalue weighted by Crippen LogP contribution is 2.21. The van der Waals surface area contributed by atoms with E-state index in [0.717, 1.165) is 0 Å². The second-order valence-corrected chi connectivity index (χ2v) is 4.60. The van der Waals surface area contributed by atoms with Crippen molar-refractivity contribution in [3.8, 4) is 0 Å². The number of halogens is 3. The second-order valence-electron chi connectivity index (χ2n) is 4.60. The molecule has 106 valence electrons. The predicted molar refractivity (Wildman–Crippen MR) is 58.8 cm³/mol. The van der Waals surface area contributed by atoms with E-state index >= 15 is 0 Å². The molecular weight excluding hydrogens is 267 g/mol. The third-order valence-electron chi connectivity index (χ3n) is 1.70. The third kappa shape index (κ3) is 4.60. The minimum atomic E-state index is -5.00. The number of aromatic nitrogens is 2. The molecule has 6 nitrogen and oxygen atoms in total. The van der Waals surface area contributed by atoms with Crippen molar-refractivity contribution < 1.29 is 27.5 Å². The maximum Gasteiger partial charge on any atom is 0.456 e. The lowest BCUT2D eigenvalue weighted by molar-refractivity contribution is -0.0887. The van der Waals surface area contributed by atoms with Gasteiger partial charge >= 0.3 is 12.3 Å². The summed E-state index contributed by atoms with van der Waals surface area (Å²) in [7, 11) is 0. The lowest BCUT2D eigenvalue weighted by Gasteiger charge is -2.18. The molecule has 2 N–H and O–H groups in total. The summed E-state index contributed by atoms with van der Waals surface area (Å²) in [5.41, 5.74) is -1.53. The summed E-state index contributed by atoms with van der Waals surface area (Å²) in [6, 6.07) is 0. The molecule has 0 bridgehead atoms. The quantitative estimate of drug-likeness (QED) is 0.815. The number of rotatable bonds is 2. The Kier molecular flexibility index (Phi) is 3.87. The Morgan fingerprint density at radius 2 is 1.89 bits per heavy atom. The van der Waals surface area contributed by atoms with Crippen molar-refractivity contribution in [1.29, 1.82) is 0 Å². The summed E-state index contributed by atoms with van der Waals surface area (Å²) >= 11 is 0. The molecular formula is C10H12F3N3O3. The Balaban J connectivity index is 2.71. The van der Waals surface area contributed by atoms with Gasteiger partial charge in [-0.05, 0) is 20.8 Å². The van der Waals surface area contributed by atoms with Gasteiger partial charge in [-0.15, -0.1) is 0 Å². The van der Waals surface area contributed by atoms with Gasteiger partial charge in [-0.2, -0.15) is 13.2 Å². The first-order valence-corrected chi connectivity index (χ1v) is 5.15. The van der Waals surface area contributed by atoms with Crippen LogP contribution in [0.25, 0.3) is 0 Å². The van der Waals surface area contributed by atoms with E-state index in [4.69, 9.17) is 4.74 Å². The summed E-state index contributed by atoms with van der Waals surface area (Å²) in [5.74, 6) is -2.38. The van der Waals surface area contributed by atoms with Crippen LogP contribution in [0.3, 0.4) is 0 Å². The van der Waals surface area contributed by atoms with Gasteiger partial charge in [0.15, 0.2) is 0 Å². The van der Waals surface area contributed by atoms with Gasteiger partial charge in [0.25, 0.3) is 5.78 Å². The molecule has 1 aromatic rings. The monoisotopic (exact) mass is 279 g/mol. The average Bonchev–Trinajstić information content (AvgIpc) is 2.60. The van der Waals surface area contributed by atoms with Gasteiger partial charge in [0.05, 0.1) is 6.20 Å². The van der Waals surface area contributed by atoms with E-state index in [1.807, 2.05) is 4.98 Å². The van der Waals surface area contributed by atoms with E-state index in [1.165, 1.54) is 0 Å². The summed E-state index contributed by atoms with van der Waals surface area (Å²) < 4.78 is 41.2. The molecule has 0 aliphatic carbocycles. The van der Waals surface area contributed by atoms with Crippen molar-refractivity contribution in [3.05, 3.63) is 11.9 Å². The number of ether oxygens (including phenoxy) is 1. The number of Topliss-reactive ketones (excluding diaryl/α,β-unsaturated/α-hetero) is 1. The van der Waals surface area contributed by atoms with Gasteiger partial charge in [-0.1, -0.05) is 0 Å². The third-order valence-corrected chi connectivity index (χ3v) is 1.70. The summed E-state index contributed by atoms with van der Waals surface area (Å²) in [4.78, 5) is 27.6. The molecule has 0 saturated carbocycles. The maximum atomic E-state index is 12.1. The van der Waals surface area contributed by atoms with Crippen LogP contribution >= 0.6 is 0 Å². The standard InChI is InChI=1S/C10H12F3N3O3/c1-9(2,3)19-8(18)16-7-14-4-5(15-7)6(17)10(11,12)13/h4H,1-3H3,(H2,14,15,16,18). The number of aromatic amines is 1. The van der Waals surface area contributed by atoms with Crippen LogP contribution in [0.2, 0.25) is 0 Å². The summed E-state index contributed by atoms with van der Waals surface area (Å²) in [5, 5.41) is 2.08. The Hall–Kier alpha value is -2.06. The van der Waals surface area contributed by atoms with E-state index in [9.17, 15) is 22.8 Å². The number of amides is 1. The van der Waals surface area contributed by atoms with Gasteiger partial charge in [0.2, 0.25) is 5.95 Å². The first-order chi connectivity index (χ1) is 8.49. The zero-order valence-electron chi connectivity index (χ0n) is 10.4. The predicted octanol–water partition coefficient (Wildman–Crippen LogP) is 2.50. The van der Waals surface area contributed by atoms with E-state index in [-0.39, 0.29) is 5.95 Å². The molecule has 0 aliphatic rings. The number of nitrogens with one attached hydrogen (secondary N) is 2. The molecule has 0 radical (unpaired) electrons. The molecule has 0 aromatic carbocycles. The zero-order chi connectivity index (χ0) is 14.8. The normalized spacial score (nSPS) is 12.1.